The highest BCUT2D eigenvalue weighted by atomic mass is 16.5. The van der Waals surface area contributed by atoms with Crippen LogP contribution in [0.5, 0.6) is 0 Å². The molecular formula is C12H14N2O6. The van der Waals surface area contributed by atoms with Crippen molar-refractivity contribution in [3.05, 3.63) is 23.7 Å². The minimum atomic E-state index is -1.26. The zero-order valence-electron chi connectivity index (χ0n) is 10.8. The Labute approximate surface area is 114 Å². The summed E-state index contributed by atoms with van der Waals surface area (Å²) in [5, 5.41) is 11.2. The lowest BCUT2D eigenvalue weighted by molar-refractivity contribution is -0.130. The van der Waals surface area contributed by atoms with Crippen molar-refractivity contribution < 1.29 is 28.6 Å². The van der Waals surface area contributed by atoms with Gasteiger partial charge in [0.15, 0.2) is 5.76 Å². The van der Waals surface area contributed by atoms with Gasteiger partial charge >= 0.3 is 5.97 Å². The monoisotopic (exact) mass is 282 g/mol. The van der Waals surface area contributed by atoms with Crippen molar-refractivity contribution in [1.29, 1.82) is 0 Å². The third kappa shape index (κ3) is 2.64. The SMILES string of the molecule is CNC(=O)C1COCCN1C(=O)c1ccc(C(=O)O)o1. The molecule has 2 amide bonds. The normalized spacial score (nSPS) is 18.6. The van der Waals surface area contributed by atoms with Gasteiger partial charge in [-0.15, -0.1) is 0 Å². The Morgan fingerprint density at radius 3 is 2.65 bits per heavy atom. The maximum Gasteiger partial charge on any atom is 0.371 e. The molecule has 0 aromatic carbocycles. The van der Waals surface area contributed by atoms with Crippen molar-refractivity contribution in [3.63, 3.8) is 0 Å². The molecule has 1 fully saturated rings. The number of ether oxygens (including phenoxy) is 1. The summed E-state index contributed by atoms with van der Waals surface area (Å²) in [7, 11) is 1.47. The van der Waals surface area contributed by atoms with Gasteiger partial charge in [0.25, 0.3) is 5.91 Å². The lowest BCUT2D eigenvalue weighted by Gasteiger charge is -2.33. The van der Waals surface area contributed by atoms with E-state index in [0.29, 0.717) is 6.61 Å². The summed E-state index contributed by atoms with van der Waals surface area (Å²) in [5.41, 5.74) is 0. The molecule has 1 atom stereocenters. The van der Waals surface area contributed by atoms with Crippen LogP contribution < -0.4 is 5.32 Å². The van der Waals surface area contributed by atoms with Crippen LogP contribution >= 0.6 is 0 Å². The molecular weight excluding hydrogens is 268 g/mol. The first-order valence-corrected chi connectivity index (χ1v) is 5.98. The van der Waals surface area contributed by atoms with Gasteiger partial charge in [0.1, 0.15) is 6.04 Å². The molecule has 1 unspecified atom stereocenters. The maximum absolute atomic E-state index is 12.3. The molecule has 2 N–H and O–H groups in total. The van der Waals surface area contributed by atoms with Gasteiger partial charge in [0, 0.05) is 13.6 Å². The molecule has 1 aromatic rings. The van der Waals surface area contributed by atoms with Crippen molar-refractivity contribution in [2.24, 2.45) is 0 Å². The summed E-state index contributed by atoms with van der Waals surface area (Å²) < 4.78 is 10.1. The second-order valence-corrected chi connectivity index (χ2v) is 4.17. The van der Waals surface area contributed by atoms with E-state index in [2.05, 4.69) is 5.32 Å². The van der Waals surface area contributed by atoms with Crippen LogP contribution in [0, 0.1) is 0 Å². The van der Waals surface area contributed by atoms with E-state index >= 15 is 0 Å². The first kappa shape index (κ1) is 14.1. The van der Waals surface area contributed by atoms with Gasteiger partial charge in [-0.3, -0.25) is 9.59 Å². The molecule has 0 saturated carbocycles. The smallest absolute Gasteiger partial charge is 0.371 e. The van der Waals surface area contributed by atoms with E-state index in [9.17, 15) is 14.4 Å². The molecule has 1 saturated heterocycles. The van der Waals surface area contributed by atoms with Gasteiger partial charge in [-0.05, 0) is 12.1 Å². The number of hydrogen-bond donors (Lipinski definition) is 2. The summed E-state index contributed by atoms with van der Waals surface area (Å²) >= 11 is 0. The standard InChI is InChI=1S/C12H14N2O6/c1-13-10(15)7-6-19-5-4-14(7)11(16)8-2-3-9(20-8)12(17)18/h2-3,7H,4-6H2,1H3,(H,13,15)(H,17,18). The van der Waals surface area contributed by atoms with Gasteiger partial charge in [-0.2, -0.15) is 0 Å². The molecule has 20 heavy (non-hydrogen) atoms. The molecule has 108 valence electrons. The van der Waals surface area contributed by atoms with Crippen LogP contribution in [-0.4, -0.2) is 60.6 Å². The third-order valence-electron chi connectivity index (χ3n) is 2.97. The average Bonchev–Trinajstić information content (AvgIpc) is 2.95. The van der Waals surface area contributed by atoms with E-state index < -0.39 is 17.9 Å². The fourth-order valence-electron chi connectivity index (χ4n) is 1.94. The van der Waals surface area contributed by atoms with Crippen LogP contribution in [0.25, 0.3) is 0 Å². The third-order valence-corrected chi connectivity index (χ3v) is 2.97. The fourth-order valence-corrected chi connectivity index (χ4v) is 1.94. The molecule has 2 heterocycles. The lowest BCUT2D eigenvalue weighted by atomic mass is 10.2. The highest BCUT2D eigenvalue weighted by Gasteiger charge is 2.34. The van der Waals surface area contributed by atoms with Gasteiger partial charge in [0.2, 0.25) is 11.7 Å². The van der Waals surface area contributed by atoms with E-state index in [1.807, 2.05) is 0 Å². The van der Waals surface area contributed by atoms with Gasteiger partial charge < -0.3 is 24.5 Å². The highest BCUT2D eigenvalue weighted by Crippen LogP contribution is 2.15. The van der Waals surface area contributed by atoms with Crippen LogP contribution in [0.4, 0.5) is 0 Å². The van der Waals surface area contributed by atoms with Crippen LogP contribution in [0.15, 0.2) is 16.5 Å². The van der Waals surface area contributed by atoms with Gasteiger partial charge in [-0.1, -0.05) is 0 Å². The molecule has 1 aliphatic rings. The van der Waals surface area contributed by atoms with Crippen LogP contribution in [0.2, 0.25) is 0 Å². The number of carboxylic acids is 1. The molecule has 1 aromatic heterocycles. The van der Waals surface area contributed by atoms with E-state index in [1.165, 1.54) is 24.1 Å². The molecule has 1 aliphatic heterocycles. The summed E-state index contributed by atoms with van der Waals surface area (Å²) in [6.07, 6.45) is 0. The second kappa shape index (κ2) is 5.74. The number of furan rings is 1. The minimum absolute atomic E-state index is 0.0951. The number of amides is 2. The quantitative estimate of drug-likeness (QED) is 0.778. The molecule has 0 radical (unpaired) electrons. The Kier molecular flexibility index (Phi) is 4.04. The molecule has 8 nitrogen and oxygen atoms in total. The lowest BCUT2D eigenvalue weighted by Crippen LogP contribution is -2.55. The van der Waals surface area contributed by atoms with E-state index in [1.54, 1.807) is 0 Å². The predicted octanol–water partition coefficient (Wildman–Crippen LogP) is -0.435. The van der Waals surface area contributed by atoms with Crippen LogP contribution in [0.3, 0.4) is 0 Å². The Balaban J connectivity index is 2.20. The van der Waals surface area contributed by atoms with Crippen molar-refractivity contribution in [1.82, 2.24) is 10.2 Å². The van der Waals surface area contributed by atoms with E-state index in [-0.39, 0.29) is 30.6 Å². The zero-order valence-corrected chi connectivity index (χ0v) is 10.8. The van der Waals surface area contributed by atoms with Crippen LogP contribution in [-0.2, 0) is 9.53 Å². The summed E-state index contributed by atoms with van der Waals surface area (Å²) in [5.74, 6) is -2.57. The van der Waals surface area contributed by atoms with Crippen molar-refractivity contribution in [3.8, 4) is 0 Å². The zero-order chi connectivity index (χ0) is 14.7. The largest absolute Gasteiger partial charge is 0.475 e. The number of carbonyl (C=O) groups excluding carboxylic acids is 2. The maximum atomic E-state index is 12.3. The minimum Gasteiger partial charge on any atom is -0.475 e. The Morgan fingerprint density at radius 2 is 2.05 bits per heavy atom. The van der Waals surface area contributed by atoms with E-state index in [0.717, 1.165) is 0 Å². The molecule has 0 aliphatic carbocycles. The van der Waals surface area contributed by atoms with Crippen molar-refractivity contribution in [2.75, 3.05) is 26.8 Å². The highest BCUT2D eigenvalue weighted by molar-refractivity contribution is 5.96. The number of hydrogen-bond acceptors (Lipinski definition) is 5. The van der Waals surface area contributed by atoms with Gasteiger partial charge in [-0.25, -0.2) is 4.79 Å². The fraction of sp³-hybridized carbons (Fsp3) is 0.417. The van der Waals surface area contributed by atoms with Crippen molar-refractivity contribution in [2.45, 2.75) is 6.04 Å². The van der Waals surface area contributed by atoms with Crippen LogP contribution in [0.1, 0.15) is 21.1 Å². The Morgan fingerprint density at radius 1 is 1.35 bits per heavy atom. The van der Waals surface area contributed by atoms with Gasteiger partial charge in [0.05, 0.1) is 13.2 Å². The van der Waals surface area contributed by atoms with Crippen molar-refractivity contribution >= 4 is 17.8 Å². The number of nitrogens with one attached hydrogen (secondary N) is 1. The molecule has 2 rings (SSSR count). The number of aromatic carboxylic acids is 1. The first-order valence-electron chi connectivity index (χ1n) is 5.98. The Hall–Kier alpha value is -2.35. The molecule has 0 spiro atoms. The average molecular weight is 282 g/mol. The summed E-state index contributed by atoms with van der Waals surface area (Å²) in [6, 6.07) is 1.73. The topological polar surface area (TPSA) is 109 Å². The van der Waals surface area contributed by atoms with E-state index in [4.69, 9.17) is 14.3 Å². The first-order chi connectivity index (χ1) is 9.54. The number of carbonyl (C=O) groups is 3. The summed E-state index contributed by atoms with van der Waals surface area (Å²) in [6.45, 7) is 0.643. The summed E-state index contributed by atoms with van der Waals surface area (Å²) in [4.78, 5) is 36.0. The second-order valence-electron chi connectivity index (χ2n) is 4.17. The molecule has 0 bridgehead atoms. The number of carboxylic acid groups (broad SMARTS) is 1. The Bertz CT molecular complexity index is 538. The number of morpholine rings is 1. The number of rotatable bonds is 3. The predicted molar refractivity (Wildman–Crippen MR) is 65.4 cm³/mol. The number of likely N-dealkylation sites (N-methyl/N-ethyl adjacent to an activating group) is 1. The number of nitrogens with zero attached hydrogens (tertiary/aromatic N) is 1. The molecule has 8 heteroatoms.